The molecule has 1 amide bonds. The van der Waals surface area contributed by atoms with Gasteiger partial charge in [-0.15, -0.1) is 12.4 Å². The number of amides is 1. The number of nitrogens with one attached hydrogen (secondary N) is 1. The van der Waals surface area contributed by atoms with E-state index >= 15 is 0 Å². The molecule has 27 heavy (non-hydrogen) atoms. The van der Waals surface area contributed by atoms with Gasteiger partial charge in [0.15, 0.2) is 0 Å². The lowest BCUT2D eigenvalue weighted by Gasteiger charge is -2.16. The van der Waals surface area contributed by atoms with Gasteiger partial charge in [0, 0.05) is 29.4 Å². The summed E-state index contributed by atoms with van der Waals surface area (Å²) < 4.78 is 27.4. The lowest BCUT2D eigenvalue weighted by atomic mass is 10.1. The zero-order valence-electron chi connectivity index (χ0n) is 14.5. The highest BCUT2D eigenvalue weighted by atomic mass is 35.5. The van der Waals surface area contributed by atoms with Crippen LogP contribution in [0.4, 0.5) is 5.69 Å². The van der Waals surface area contributed by atoms with Crippen LogP contribution in [0.1, 0.15) is 16.8 Å². The van der Waals surface area contributed by atoms with Crippen molar-refractivity contribution in [3.8, 4) is 0 Å². The number of halogens is 2. The predicted molar refractivity (Wildman–Crippen MR) is 109 cm³/mol. The Hall–Kier alpha value is -1.80. The molecule has 1 unspecified atom stereocenters. The number of carbonyl (C=O) groups is 1. The molecule has 6 nitrogen and oxygen atoms in total. The van der Waals surface area contributed by atoms with E-state index in [4.69, 9.17) is 17.3 Å². The maximum absolute atomic E-state index is 12.5. The van der Waals surface area contributed by atoms with Crippen molar-refractivity contribution in [3.63, 3.8) is 0 Å². The Morgan fingerprint density at radius 3 is 2.33 bits per heavy atom. The fraction of sp³-hybridized carbons (Fsp3) is 0.278. The summed E-state index contributed by atoms with van der Waals surface area (Å²) in [6, 6.07) is 12.3. The highest BCUT2D eigenvalue weighted by Crippen LogP contribution is 2.21. The van der Waals surface area contributed by atoms with Gasteiger partial charge in [0.2, 0.25) is 0 Å². The van der Waals surface area contributed by atoms with Crippen LogP contribution in [-0.2, 0) is 10.0 Å². The zero-order chi connectivity index (χ0) is 18.7. The van der Waals surface area contributed by atoms with Crippen molar-refractivity contribution in [2.24, 2.45) is 11.7 Å². The molecule has 0 aromatic heterocycles. The van der Waals surface area contributed by atoms with Crippen LogP contribution in [-0.4, -0.2) is 38.9 Å². The zero-order valence-corrected chi connectivity index (χ0v) is 16.9. The predicted octanol–water partition coefficient (Wildman–Crippen LogP) is 2.98. The van der Waals surface area contributed by atoms with Crippen molar-refractivity contribution in [1.29, 1.82) is 0 Å². The minimum absolute atomic E-state index is 0. The molecule has 0 bridgehead atoms. The Labute approximate surface area is 170 Å². The highest BCUT2D eigenvalue weighted by molar-refractivity contribution is 7.92. The lowest BCUT2D eigenvalue weighted by Crippen LogP contribution is -2.29. The first-order chi connectivity index (χ1) is 12.4. The molecule has 1 aliphatic rings. The number of nitrogens with zero attached hydrogens (tertiary/aromatic N) is 1. The monoisotopic (exact) mass is 429 g/mol. The van der Waals surface area contributed by atoms with Gasteiger partial charge in [-0.1, -0.05) is 11.6 Å². The van der Waals surface area contributed by atoms with Gasteiger partial charge in [0.25, 0.3) is 15.9 Å². The maximum Gasteiger partial charge on any atom is 0.261 e. The number of benzene rings is 2. The van der Waals surface area contributed by atoms with Crippen molar-refractivity contribution >= 4 is 45.6 Å². The van der Waals surface area contributed by atoms with Gasteiger partial charge in [-0.25, -0.2) is 8.42 Å². The number of sulfonamides is 1. The van der Waals surface area contributed by atoms with E-state index in [0.29, 0.717) is 41.8 Å². The van der Waals surface area contributed by atoms with Gasteiger partial charge in [0.1, 0.15) is 0 Å². The van der Waals surface area contributed by atoms with Crippen LogP contribution < -0.4 is 10.5 Å². The van der Waals surface area contributed by atoms with E-state index in [9.17, 15) is 13.2 Å². The smallest absolute Gasteiger partial charge is 0.261 e. The van der Waals surface area contributed by atoms with Gasteiger partial charge in [-0.2, -0.15) is 0 Å². The molecule has 0 radical (unpaired) electrons. The molecule has 146 valence electrons. The summed E-state index contributed by atoms with van der Waals surface area (Å²) in [5, 5.41) is 0.523. The number of hydrogen-bond acceptors (Lipinski definition) is 4. The Morgan fingerprint density at radius 1 is 1.15 bits per heavy atom. The highest BCUT2D eigenvalue weighted by Gasteiger charge is 2.26. The van der Waals surface area contributed by atoms with E-state index in [1.54, 1.807) is 29.2 Å². The summed E-state index contributed by atoms with van der Waals surface area (Å²) in [5.74, 6) is 0.234. The van der Waals surface area contributed by atoms with Crippen molar-refractivity contribution in [3.05, 3.63) is 59.1 Å². The number of carbonyl (C=O) groups excluding carboxylic acids is 1. The molecule has 1 heterocycles. The molecule has 1 atom stereocenters. The molecule has 0 aliphatic carbocycles. The van der Waals surface area contributed by atoms with Gasteiger partial charge >= 0.3 is 0 Å². The van der Waals surface area contributed by atoms with Crippen LogP contribution in [0.5, 0.6) is 0 Å². The first-order valence-corrected chi connectivity index (χ1v) is 10.1. The molecule has 1 aliphatic heterocycles. The maximum atomic E-state index is 12.5. The summed E-state index contributed by atoms with van der Waals surface area (Å²) >= 11 is 5.80. The third kappa shape index (κ3) is 5.13. The quantitative estimate of drug-likeness (QED) is 0.763. The average molecular weight is 430 g/mol. The molecular weight excluding hydrogens is 409 g/mol. The fourth-order valence-electron chi connectivity index (χ4n) is 2.90. The van der Waals surface area contributed by atoms with Crippen molar-refractivity contribution in [1.82, 2.24) is 4.90 Å². The van der Waals surface area contributed by atoms with Gasteiger partial charge in [-0.05, 0) is 67.4 Å². The van der Waals surface area contributed by atoms with E-state index in [-0.39, 0.29) is 23.2 Å². The molecule has 3 rings (SSSR count). The molecule has 1 saturated heterocycles. The Bertz CT molecular complexity index is 887. The van der Waals surface area contributed by atoms with E-state index in [1.807, 2.05) is 0 Å². The third-order valence-corrected chi connectivity index (χ3v) is 6.06. The van der Waals surface area contributed by atoms with Crippen LogP contribution in [0.2, 0.25) is 5.02 Å². The lowest BCUT2D eigenvalue weighted by molar-refractivity contribution is 0.0787. The molecular formula is C18H21Cl2N3O3S. The summed E-state index contributed by atoms with van der Waals surface area (Å²) in [6.45, 7) is 1.89. The van der Waals surface area contributed by atoms with Crippen LogP contribution in [0.3, 0.4) is 0 Å². The topological polar surface area (TPSA) is 92.5 Å². The second kappa shape index (κ2) is 8.93. The number of hydrogen-bond donors (Lipinski definition) is 2. The van der Waals surface area contributed by atoms with Gasteiger partial charge in [-0.3, -0.25) is 9.52 Å². The second-order valence-corrected chi connectivity index (χ2v) is 8.40. The molecule has 0 saturated carbocycles. The molecule has 9 heteroatoms. The van der Waals surface area contributed by atoms with Crippen molar-refractivity contribution in [2.75, 3.05) is 24.4 Å². The number of anilines is 1. The Kier molecular flexibility index (Phi) is 7.11. The van der Waals surface area contributed by atoms with E-state index < -0.39 is 10.0 Å². The van der Waals surface area contributed by atoms with Crippen LogP contribution in [0.15, 0.2) is 53.4 Å². The van der Waals surface area contributed by atoms with Crippen molar-refractivity contribution in [2.45, 2.75) is 11.3 Å². The molecule has 1 fully saturated rings. The van der Waals surface area contributed by atoms with Crippen LogP contribution >= 0.6 is 24.0 Å². The number of likely N-dealkylation sites (tertiary alicyclic amines) is 1. The van der Waals surface area contributed by atoms with E-state index in [1.165, 1.54) is 24.3 Å². The minimum atomic E-state index is -3.73. The molecule has 2 aromatic rings. The average Bonchev–Trinajstić information content (AvgIpc) is 3.12. The number of nitrogens with two attached hydrogens (primary N) is 1. The van der Waals surface area contributed by atoms with Crippen LogP contribution in [0, 0.1) is 5.92 Å². The van der Waals surface area contributed by atoms with Crippen LogP contribution in [0.25, 0.3) is 0 Å². The largest absolute Gasteiger partial charge is 0.338 e. The first-order valence-electron chi connectivity index (χ1n) is 8.27. The fourth-order valence-corrected chi connectivity index (χ4v) is 4.09. The Balaban J connectivity index is 0.00000261. The normalized spacial score (nSPS) is 16.7. The number of rotatable bonds is 5. The second-order valence-electron chi connectivity index (χ2n) is 6.28. The summed E-state index contributed by atoms with van der Waals surface area (Å²) in [4.78, 5) is 14.3. The van der Waals surface area contributed by atoms with E-state index in [2.05, 4.69) is 4.72 Å². The summed E-state index contributed by atoms with van der Waals surface area (Å²) in [6.07, 6.45) is 0.902. The van der Waals surface area contributed by atoms with Gasteiger partial charge in [0.05, 0.1) is 4.90 Å². The summed E-state index contributed by atoms with van der Waals surface area (Å²) in [5.41, 5.74) is 6.54. The summed E-state index contributed by atoms with van der Waals surface area (Å²) in [7, 11) is -3.73. The SMILES string of the molecule is Cl.NCC1CCN(C(=O)c2ccc(S(=O)(=O)Nc3ccc(Cl)cc3)cc2)C1. The van der Waals surface area contributed by atoms with Crippen molar-refractivity contribution < 1.29 is 13.2 Å². The first kappa shape index (κ1) is 21.5. The minimum Gasteiger partial charge on any atom is -0.338 e. The third-order valence-electron chi connectivity index (χ3n) is 4.41. The van der Waals surface area contributed by atoms with Gasteiger partial charge < -0.3 is 10.6 Å². The molecule has 2 aromatic carbocycles. The Morgan fingerprint density at radius 2 is 1.78 bits per heavy atom. The molecule has 0 spiro atoms. The van der Waals surface area contributed by atoms with E-state index in [0.717, 1.165) is 6.42 Å². The molecule has 3 N–H and O–H groups in total. The standard InChI is InChI=1S/C18H20ClN3O3S.ClH/c19-15-3-5-16(6-4-15)21-26(24,25)17-7-1-14(2-8-17)18(23)22-10-9-13(11-20)12-22;/h1-8,13,21H,9-12,20H2;1H.